The Labute approximate surface area is 95.2 Å². The van der Waals surface area contributed by atoms with Gasteiger partial charge in [-0.3, -0.25) is 0 Å². The summed E-state index contributed by atoms with van der Waals surface area (Å²) in [6, 6.07) is 0. The summed E-state index contributed by atoms with van der Waals surface area (Å²) in [5.74, 6) is -0.302. The lowest BCUT2D eigenvalue weighted by Gasteiger charge is -2.26. The van der Waals surface area contributed by atoms with Gasteiger partial charge in [0.1, 0.15) is 6.10 Å². The van der Waals surface area contributed by atoms with Crippen molar-refractivity contribution in [1.29, 1.82) is 0 Å². The highest BCUT2D eigenvalue weighted by Crippen LogP contribution is 2.28. The van der Waals surface area contributed by atoms with E-state index in [4.69, 9.17) is 10.3 Å². The van der Waals surface area contributed by atoms with E-state index in [0.29, 0.717) is 5.92 Å². The van der Waals surface area contributed by atoms with Crippen LogP contribution in [0.15, 0.2) is 18.4 Å². The van der Waals surface area contributed by atoms with Crippen LogP contribution in [0.2, 0.25) is 0 Å². The van der Waals surface area contributed by atoms with E-state index in [9.17, 15) is 4.79 Å². The quantitative estimate of drug-likeness (QED) is 0.239. The molecule has 1 fully saturated rings. The second kappa shape index (κ2) is 6.78. The van der Waals surface area contributed by atoms with E-state index in [1.807, 2.05) is 0 Å². The SMILES string of the molecule is C=C=CC(OC(=O)C=[N+]=[N-])C1CCCCC1. The molecule has 16 heavy (non-hydrogen) atoms. The van der Waals surface area contributed by atoms with E-state index >= 15 is 0 Å². The molecule has 0 bridgehead atoms. The molecule has 1 aliphatic rings. The summed E-state index contributed by atoms with van der Waals surface area (Å²) in [7, 11) is 0. The van der Waals surface area contributed by atoms with Crippen molar-refractivity contribution >= 4 is 12.2 Å². The summed E-state index contributed by atoms with van der Waals surface area (Å²) in [5, 5.41) is 0. The van der Waals surface area contributed by atoms with Gasteiger partial charge in [0.2, 0.25) is 0 Å². The van der Waals surface area contributed by atoms with Gasteiger partial charge in [-0.25, -0.2) is 4.79 Å². The normalized spacial score (nSPS) is 17.8. The smallest absolute Gasteiger partial charge is 0.414 e. The van der Waals surface area contributed by atoms with Crippen molar-refractivity contribution in [2.45, 2.75) is 38.2 Å². The van der Waals surface area contributed by atoms with Crippen LogP contribution in [-0.4, -0.2) is 23.1 Å². The molecule has 0 spiro atoms. The van der Waals surface area contributed by atoms with E-state index < -0.39 is 5.97 Å². The van der Waals surface area contributed by atoms with Gasteiger partial charge in [0.05, 0.1) is 0 Å². The Hall–Kier alpha value is -1.63. The number of carbonyl (C=O) groups is 1. The fourth-order valence-electron chi connectivity index (χ4n) is 2.06. The molecule has 1 saturated carbocycles. The summed E-state index contributed by atoms with van der Waals surface area (Å²) >= 11 is 0. The van der Waals surface area contributed by atoms with Crippen LogP contribution in [0.25, 0.3) is 5.53 Å². The molecule has 0 radical (unpaired) electrons. The number of ether oxygens (including phenoxy) is 1. The number of esters is 1. The molecule has 86 valence electrons. The first-order chi connectivity index (χ1) is 7.77. The summed E-state index contributed by atoms with van der Waals surface area (Å²) < 4.78 is 5.16. The second-order valence-electron chi connectivity index (χ2n) is 3.91. The van der Waals surface area contributed by atoms with Crippen LogP contribution in [-0.2, 0) is 9.53 Å². The van der Waals surface area contributed by atoms with Gasteiger partial charge in [-0.1, -0.05) is 25.8 Å². The minimum atomic E-state index is -0.635. The van der Waals surface area contributed by atoms with Gasteiger partial charge in [-0.15, -0.1) is 5.73 Å². The highest BCUT2D eigenvalue weighted by atomic mass is 16.5. The monoisotopic (exact) mass is 220 g/mol. The maximum atomic E-state index is 11.2. The number of carbonyl (C=O) groups excluding carboxylic acids is 1. The molecule has 0 N–H and O–H groups in total. The van der Waals surface area contributed by atoms with E-state index in [-0.39, 0.29) is 6.10 Å². The molecule has 1 rings (SSSR count). The van der Waals surface area contributed by atoms with Crippen LogP contribution >= 0.6 is 0 Å². The fourth-order valence-corrected chi connectivity index (χ4v) is 2.06. The first-order valence-electron chi connectivity index (χ1n) is 5.52. The van der Waals surface area contributed by atoms with Crippen LogP contribution in [0.1, 0.15) is 32.1 Å². The summed E-state index contributed by atoms with van der Waals surface area (Å²) in [5.41, 5.74) is 10.9. The van der Waals surface area contributed by atoms with E-state index in [1.54, 1.807) is 6.08 Å². The highest BCUT2D eigenvalue weighted by Gasteiger charge is 2.25. The molecule has 4 heteroatoms. The topological polar surface area (TPSA) is 62.7 Å². The zero-order chi connectivity index (χ0) is 11.8. The van der Waals surface area contributed by atoms with Crippen LogP contribution in [0.4, 0.5) is 0 Å². The van der Waals surface area contributed by atoms with Crippen LogP contribution in [0.5, 0.6) is 0 Å². The largest absolute Gasteiger partial charge is 0.449 e. The Morgan fingerprint density at radius 1 is 1.50 bits per heavy atom. The first-order valence-corrected chi connectivity index (χ1v) is 5.52. The third-order valence-electron chi connectivity index (χ3n) is 2.81. The standard InChI is InChI=1S/C12H16N2O2/c1-2-6-11(16-12(15)9-14-13)10-7-4-3-5-8-10/h6,9-11H,1,3-5,7-8H2. The average molecular weight is 220 g/mol. The third-order valence-corrected chi connectivity index (χ3v) is 2.81. The van der Waals surface area contributed by atoms with Gasteiger partial charge >= 0.3 is 12.2 Å². The number of hydrogen-bond acceptors (Lipinski definition) is 2. The van der Waals surface area contributed by atoms with Crippen molar-refractivity contribution in [1.82, 2.24) is 0 Å². The van der Waals surface area contributed by atoms with Crippen LogP contribution < -0.4 is 0 Å². The maximum absolute atomic E-state index is 11.2. The zero-order valence-corrected chi connectivity index (χ0v) is 9.26. The Kier molecular flexibility index (Phi) is 5.27. The van der Waals surface area contributed by atoms with Gasteiger partial charge in [-0.05, 0) is 18.9 Å². The predicted molar refractivity (Wildman–Crippen MR) is 59.8 cm³/mol. The van der Waals surface area contributed by atoms with Gasteiger partial charge < -0.3 is 10.3 Å². The number of rotatable bonds is 4. The molecule has 0 aromatic carbocycles. The van der Waals surface area contributed by atoms with Gasteiger partial charge in [0.25, 0.3) is 0 Å². The Morgan fingerprint density at radius 3 is 2.75 bits per heavy atom. The molecular formula is C12H16N2O2. The van der Waals surface area contributed by atoms with Gasteiger partial charge in [0, 0.05) is 5.92 Å². The van der Waals surface area contributed by atoms with E-state index in [2.05, 4.69) is 17.1 Å². The lowest BCUT2D eigenvalue weighted by Crippen LogP contribution is -2.27. The molecule has 4 nitrogen and oxygen atoms in total. The Bertz CT molecular complexity index is 333. The van der Waals surface area contributed by atoms with Crippen molar-refractivity contribution in [3.63, 3.8) is 0 Å². The van der Waals surface area contributed by atoms with Crippen molar-refractivity contribution in [2.24, 2.45) is 5.92 Å². The number of hydrogen-bond donors (Lipinski definition) is 0. The molecule has 1 aliphatic carbocycles. The molecule has 0 amide bonds. The van der Waals surface area contributed by atoms with Crippen molar-refractivity contribution < 1.29 is 14.3 Å². The molecule has 1 atom stereocenters. The molecular weight excluding hydrogens is 204 g/mol. The van der Waals surface area contributed by atoms with Gasteiger partial charge in [-0.2, -0.15) is 4.79 Å². The fraction of sp³-hybridized carbons (Fsp3) is 0.583. The Balaban J connectivity index is 2.61. The molecule has 0 saturated heterocycles. The predicted octanol–water partition coefficient (Wildman–Crippen LogP) is 2.12. The molecule has 0 aromatic heterocycles. The second-order valence-corrected chi connectivity index (χ2v) is 3.91. The van der Waals surface area contributed by atoms with Crippen LogP contribution in [0.3, 0.4) is 0 Å². The Morgan fingerprint density at radius 2 is 2.19 bits per heavy atom. The van der Waals surface area contributed by atoms with E-state index in [0.717, 1.165) is 31.9 Å². The van der Waals surface area contributed by atoms with E-state index in [1.165, 1.54) is 6.42 Å². The van der Waals surface area contributed by atoms with Gasteiger partial charge in [0.15, 0.2) is 0 Å². The third kappa shape index (κ3) is 3.85. The zero-order valence-electron chi connectivity index (χ0n) is 9.26. The van der Waals surface area contributed by atoms with Crippen molar-refractivity contribution in [3.8, 4) is 0 Å². The number of nitrogens with zero attached hydrogens (tertiary/aromatic N) is 2. The lowest BCUT2D eigenvalue weighted by molar-refractivity contribution is -0.144. The maximum Gasteiger partial charge on any atom is 0.414 e. The average Bonchev–Trinajstić information content (AvgIpc) is 2.30. The highest BCUT2D eigenvalue weighted by molar-refractivity contribution is 6.20. The molecule has 1 unspecified atom stereocenters. The summed E-state index contributed by atoms with van der Waals surface area (Å²) in [4.78, 5) is 13.8. The van der Waals surface area contributed by atoms with Crippen molar-refractivity contribution in [3.05, 3.63) is 23.9 Å². The first kappa shape index (κ1) is 12.4. The molecule has 0 aliphatic heterocycles. The summed E-state index contributed by atoms with van der Waals surface area (Å²) in [6.07, 6.45) is 7.79. The lowest BCUT2D eigenvalue weighted by atomic mass is 9.85. The minimum absolute atomic E-state index is 0.303. The molecule has 0 heterocycles. The minimum Gasteiger partial charge on any atom is -0.449 e. The van der Waals surface area contributed by atoms with Crippen LogP contribution in [0, 0.1) is 5.92 Å². The van der Waals surface area contributed by atoms with Crippen molar-refractivity contribution in [2.75, 3.05) is 0 Å². The molecule has 0 aromatic rings. The summed E-state index contributed by atoms with van der Waals surface area (Å²) in [6.45, 7) is 3.49.